The zero-order valence-corrected chi connectivity index (χ0v) is 17.7. The Morgan fingerprint density at radius 1 is 0.963 bits per heavy atom. The van der Waals surface area contributed by atoms with E-state index in [0.29, 0.717) is 12.8 Å². The van der Waals surface area contributed by atoms with Crippen molar-refractivity contribution in [1.29, 1.82) is 0 Å². The number of aliphatic hydroxyl groups excluding tert-OH is 1. The van der Waals surface area contributed by atoms with Crippen molar-refractivity contribution >= 4 is 17.5 Å². The molecule has 0 heterocycles. The van der Waals surface area contributed by atoms with E-state index in [1.807, 2.05) is 0 Å². The molecule has 158 valence electrons. The highest BCUT2D eigenvalue weighted by Crippen LogP contribution is 2.21. The van der Waals surface area contributed by atoms with Crippen LogP contribution in [-0.4, -0.2) is 57.3 Å². The van der Waals surface area contributed by atoms with Crippen molar-refractivity contribution in [3.05, 3.63) is 0 Å². The number of esters is 1. The molecule has 0 amide bonds. The standard InChI is InChI=1S/C20H36O7/c1-8-9-10-11-12-15(27-20(6,7)16(22)13(2)21)18(24)26-14(3)17(23)19(4,5)25/h13-15,21,25H,8-12H2,1-7H3. The third-order valence-corrected chi connectivity index (χ3v) is 4.26. The molecule has 0 aromatic heterocycles. The zero-order valence-electron chi connectivity index (χ0n) is 17.7. The van der Waals surface area contributed by atoms with Gasteiger partial charge >= 0.3 is 5.97 Å². The summed E-state index contributed by atoms with van der Waals surface area (Å²) in [5.41, 5.74) is -3.01. The summed E-state index contributed by atoms with van der Waals surface area (Å²) >= 11 is 0. The van der Waals surface area contributed by atoms with Crippen molar-refractivity contribution in [2.24, 2.45) is 0 Å². The van der Waals surface area contributed by atoms with Crippen molar-refractivity contribution in [1.82, 2.24) is 0 Å². The van der Waals surface area contributed by atoms with Gasteiger partial charge in [0.25, 0.3) is 0 Å². The first-order chi connectivity index (χ1) is 12.2. The number of aliphatic hydroxyl groups is 2. The number of ketones is 2. The predicted octanol–water partition coefficient (Wildman–Crippen LogP) is 2.34. The van der Waals surface area contributed by atoms with E-state index in [0.717, 1.165) is 19.3 Å². The van der Waals surface area contributed by atoms with Crippen LogP contribution in [-0.2, 0) is 23.9 Å². The Morgan fingerprint density at radius 3 is 1.96 bits per heavy atom. The number of hydrogen-bond acceptors (Lipinski definition) is 7. The van der Waals surface area contributed by atoms with Crippen LogP contribution in [0.3, 0.4) is 0 Å². The Labute approximate surface area is 162 Å². The Kier molecular flexibility index (Phi) is 10.4. The molecule has 0 bridgehead atoms. The van der Waals surface area contributed by atoms with Crippen LogP contribution >= 0.6 is 0 Å². The lowest BCUT2D eigenvalue weighted by Gasteiger charge is -2.30. The predicted molar refractivity (Wildman–Crippen MR) is 101 cm³/mol. The molecule has 0 aliphatic heterocycles. The summed E-state index contributed by atoms with van der Waals surface area (Å²) in [6.07, 6.45) is 0.537. The smallest absolute Gasteiger partial charge is 0.336 e. The van der Waals surface area contributed by atoms with Gasteiger partial charge in [-0.05, 0) is 48.0 Å². The number of carbonyl (C=O) groups is 3. The van der Waals surface area contributed by atoms with E-state index in [1.165, 1.54) is 41.5 Å². The van der Waals surface area contributed by atoms with Gasteiger partial charge in [-0.2, -0.15) is 0 Å². The van der Waals surface area contributed by atoms with Gasteiger partial charge in [0.15, 0.2) is 18.0 Å². The van der Waals surface area contributed by atoms with Crippen LogP contribution < -0.4 is 0 Å². The molecular formula is C20H36O7. The van der Waals surface area contributed by atoms with Gasteiger partial charge in [-0.15, -0.1) is 0 Å². The number of unbranched alkanes of at least 4 members (excludes halogenated alkanes) is 3. The minimum Gasteiger partial charge on any atom is -0.453 e. The molecule has 3 unspecified atom stereocenters. The minimum absolute atomic E-state index is 0.332. The monoisotopic (exact) mass is 388 g/mol. The SMILES string of the molecule is CCCCCCC(OC(C)(C)C(=O)C(C)O)C(=O)OC(C)C(=O)C(C)(C)O. The maximum atomic E-state index is 12.6. The lowest BCUT2D eigenvalue weighted by molar-refractivity contribution is -0.181. The maximum absolute atomic E-state index is 12.6. The summed E-state index contributed by atoms with van der Waals surface area (Å²) in [7, 11) is 0. The Morgan fingerprint density at radius 2 is 1.52 bits per heavy atom. The summed E-state index contributed by atoms with van der Waals surface area (Å²) in [4.78, 5) is 36.8. The molecule has 0 fully saturated rings. The number of hydrogen-bond donors (Lipinski definition) is 2. The summed E-state index contributed by atoms with van der Waals surface area (Å²) in [5, 5.41) is 19.3. The lowest BCUT2D eigenvalue weighted by Crippen LogP contribution is -2.47. The van der Waals surface area contributed by atoms with Crippen molar-refractivity contribution in [3.8, 4) is 0 Å². The Balaban J connectivity index is 5.20. The molecular weight excluding hydrogens is 352 g/mol. The fourth-order valence-corrected chi connectivity index (χ4v) is 2.70. The number of ether oxygens (including phenoxy) is 2. The van der Waals surface area contributed by atoms with E-state index in [1.54, 1.807) is 0 Å². The highest BCUT2D eigenvalue weighted by molar-refractivity contribution is 5.92. The Hall–Kier alpha value is -1.31. The molecule has 0 saturated heterocycles. The van der Waals surface area contributed by atoms with Crippen LogP contribution in [0.15, 0.2) is 0 Å². The first-order valence-electron chi connectivity index (χ1n) is 9.61. The third-order valence-electron chi connectivity index (χ3n) is 4.26. The van der Waals surface area contributed by atoms with E-state index in [-0.39, 0.29) is 0 Å². The van der Waals surface area contributed by atoms with Gasteiger partial charge in [-0.1, -0.05) is 32.6 Å². The van der Waals surface area contributed by atoms with E-state index < -0.39 is 47.0 Å². The molecule has 0 aromatic carbocycles. The van der Waals surface area contributed by atoms with Crippen LogP contribution in [0.5, 0.6) is 0 Å². The minimum atomic E-state index is -1.63. The first kappa shape index (κ1) is 25.7. The molecule has 27 heavy (non-hydrogen) atoms. The number of rotatable bonds is 13. The van der Waals surface area contributed by atoms with Crippen LogP contribution in [0, 0.1) is 0 Å². The van der Waals surface area contributed by atoms with Crippen LogP contribution in [0.25, 0.3) is 0 Å². The topological polar surface area (TPSA) is 110 Å². The molecule has 7 nitrogen and oxygen atoms in total. The normalized spacial score (nSPS) is 15.7. The fourth-order valence-electron chi connectivity index (χ4n) is 2.70. The molecule has 0 rings (SSSR count). The highest BCUT2D eigenvalue weighted by Gasteiger charge is 2.38. The molecule has 0 aliphatic carbocycles. The summed E-state index contributed by atoms with van der Waals surface area (Å²) < 4.78 is 10.9. The van der Waals surface area contributed by atoms with Gasteiger partial charge in [0.1, 0.15) is 17.3 Å². The molecule has 0 spiro atoms. The summed E-state index contributed by atoms with van der Waals surface area (Å²) in [6.45, 7) is 10.4. The zero-order chi connectivity index (χ0) is 21.4. The van der Waals surface area contributed by atoms with Gasteiger partial charge in [0.05, 0.1) is 0 Å². The van der Waals surface area contributed by atoms with Gasteiger partial charge in [-0.25, -0.2) is 4.79 Å². The maximum Gasteiger partial charge on any atom is 0.336 e. The molecule has 2 N–H and O–H groups in total. The molecule has 0 radical (unpaired) electrons. The molecule has 7 heteroatoms. The number of carbonyl (C=O) groups excluding carboxylic acids is 3. The second-order valence-corrected chi connectivity index (χ2v) is 8.01. The average Bonchev–Trinajstić information content (AvgIpc) is 2.54. The second-order valence-electron chi connectivity index (χ2n) is 8.01. The van der Waals surface area contributed by atoms with E-state index in [9.17, 15) is 24.6 Å². The van der Waals surface area contributed by atoms with Crippen LogP contribution in [0.1, 0.15) is 80.6 Å². The third kappa shape index (κ3) is 8.95. The van der Waals surface area contributed by atoms with Gasteiger partial charge in [0, 0.05) is 0 Å². The van der Waals surface area contributed by atoms with E-state index >= 15 is 0 Å². The largest absolute Gasteiger partial charge is 0.453 e. The lowest BCUT2D eigenvalue weighted by atomic mass is 9.98. The molecule has 3 atom stereocenters. The van der Waals surface area contributed by atoms with Crippen LogP contribution in [0.2, 0.25) is 0 Å². The first-order valence-corrected chi connectivity index (χ1v) is 9.61. The highest BCUT2D eigenvalue weighted by atomic mass is 16.6. The van der Waals surface area contributed by atoms with Crippen molar-refractivity contribution in [2.75, 3.05) is 0 Å². The van der Waals surface area contributed by atoms with E-state index in [4.69, 9.17) is 9.47 Å². The van der Waals surface area contributed by atoms with Crippen molar-refractivity contribution < 1.29 is 34.1 Å². The quantitative estimate of drug-likeness (QED) is 0.368. The van der Waals surface area contributed by atoms with Crippen molar-refractivity contribution in [2.45, 2.75) is 110 Å². The van der Waals surface area contributed by atoms with Crippen LogP contribution in [0.4, 0.5) is 0 Å². The fraction of sp³-hybridized carbons (Fsp3) is 0.850. The Bertz CT molecular complexity index is 503. The van der Waals surface area contributed by atoms with Gasteiger partial charge < -0.3 is 19.7 Å². The summed E-state index contributed by atoms with van der Waals surface area (Å²) in [6, 6.07) is 0. The number of Topliss-reactive ketones (excluding diaryl/α,β-unsaturated/α-hetero) is 2. The molecule has 0 aromatic rings. The van der Waals surface area contributed by atoms with Gasteiger partial charge in [0.2, 0.25) is 5.78 Å². The average molecular weight is 389 g/mol. The van der Waals surface area contributed by atoms with Crippen molar-refractivity contribution in [3.63, 3.8) is 0 Å². The van der Waals surface area contributed by atoms with Gasteiger partial charge in [-0.3, -0.25) is 9.59 Å². The van der Waals surface area contributed by atoms with E-state index in [2.05, 4.69) is 6.92 Å². The summed E-state index contributed by atoms with van der Waals surface area (Å²) in [5.74, 6) is -1.93. The molecule has 0 saturated carbocycles. The molecule has 0 aliphatic rings. The second kappa shape index (κ2) is 10.9.